The first-order chi connectivity index (χ1) is 34.4. The van der Waals surface area contributed by atoms with E-state index in [1.807, 2.05) is 11.3 Å². The van der Waals surface area contributed by atoms with Gasteiger partial charge in [-0.1, -0.05) is 189 Å². The molecule has 2 aliphatic heterocycles. The Morgan fingerprint density at radius 1 is 0.397 bits per heavy atom. The molecule has 368 valence electrons. The summed E-state index contributed by atoms with van der Waals surface area (Å²) in [5, 5.41) is 2.57. The normalized spacial score (nSPS) is 13.9. The largest absolute Gasteiger partial charge is 0.311 e. The average molecular weight is 974 g/mol. The Balaban J connectivity index is 1.28. The van der Waals surface area contributed by atoms with Gasteiger partial charge in [0.1, 0.15) is 0 Å². The highest BCUT2D eigenvalue weighted by atomic mass is 32.1. The summed E-state index contributed by atoms with van der Waals surface area (Å²) in [6.07, 6.45) is 0. The standard InChI is InChI=1S/C68H72BN3S/c1-64(2,3)43-23-32-48(33-24-43)70(49-34-25-44(26-35-49)65(4,5)6)58-42-54-62(60-52-19-16-17-22-59(52)73-63(58)60)72(51-38-29-46(30-39-51)67(10,11)12)57-21-18-20-56-61(57)69(54)53-41-47(68(13,14)15)31-40-55(53)71(56)50-36-27-45(28-37-50)66(7,8)9/h16-42H,1-15H3. The predicted molar refractivity (Wildman–Crippen MR) is 322 cm³/mol. The number of benzene rings is 8. The second-order valence-electron chi connectivity index (χ2n) is 26.0. The van der Waals surface area contributed by atoms with E-state index in [0.717, 1.165) is 17.1 Å². The second kappa shape index (κ2) is 17.0. The van der Waals surface area contributed by atoms with Crippen LogP contribution >= 0.6 is 11.3 Å². The van der Waals surface area contributed by atoms with Gasteiger partial charge >= 0.3 is 0 Å². The van der Waals surface area contributed by atoms with Crippen molar-refractivity contribution >= 4 is 106 Å². The fourth-order valence-corrected chi connectivity index (χ4v) is 12.6. The third kappa shape index (κ3) is 8.37. The van der Waals surface area contributed by atoms with Gasteiger partial charge in [-0.3, -0.25) is 0 Å². The molecule has 3 nitrogen and oxygen atoms in total. The number of fused-ring (bicyclic) bond motifs is 8. The lowest BCUT2D eigenvalue weighted by Gasteiger charge is -2.45. The molecule has 0 N–H and O–H groups in total. The molecule has 8 aromatic carbocycles. The van der Waals surface area contributed by atoms with Gasteiger partial charge in [-0.05, 0) is 150 Å². The molecular weight excluding hydrogens is 902 g/mol. The van der Waals surface area contributed by atoms with Crippen molar-refractivity contribution in [3.63, 3.8) is 0 Å². The number of rotatable bonds is 5. The maximum Gasteiger partial charge on any atom is 0.252 e. The number of nitrogens with zero attached hydrogens (tertiary/aromatic N) is 3. The molecule has 9 aromatic rings. The van der Waals surface area contributed by atoms with Crippen molar-refractivity contribution in [3.05, 3.63) is 192 Å². The highest BCUT2D eigenvalue weighted by Crippen LogP contribution is 2.53. The van der Waals surface area contributed by atoms with Crippen LogP contribution in [-0.2, 0) is 27.1 Å². The molecular formula is C68H72BN3S. The first-order valence-corrected chi connectivity index (χ1v) is 27.3. The fraction of sp³-hybridized carbons (Fsp3) is 0.294. The van der Waals surface area contributed by atoms with Crippen LogP contribution in [0.3, 0.4) is 0 Å². The van der Waals surface area contributed by atoms with Gasteiger partial charge in [-0.25, -0.2) is 0 Å². The van der Waals surface area contributed by atoms with Crippen LogP contribution in [0.2, 0.25) is 0 Å². The molecule has 1 aromatic heterocycles. The van der Waals surface area contributed by atoms with E-state index in [1.54, 1.807) is 0 Å². The average Bonchev–Trinajstić information content (AvgIpc) is 3.73. The van der Waals surface area contributed by atoms with Crippen molar-refractivity contribution in [2.75, 3.05) is 14.7 Å². The summed E-state index contributed by atoms with van der Waals surface area (Å²) in [6, 6.07) is 63.7. The third-order valence-corrected chi connectivity index (χ3v) is 16.8. The Labute approximate surface area is 440 Å². The summed E-state index contributed by atoms with van der Waals surface area (Å²) in [5.74, 6) is 0. The van der Waals surface area contributed by atoms with E-state index in [4.69, 9.17) is 0 Å². The van der Waals surface area contributed by atoms with E-state index in [0.29, 0.717) is 0 Å². The molecule has 0 unspecified atom stereocenters. The SMILES string of the molecule is CC(C)(C)c1ccc(N2c3ccc(C(C)(C)C)cc3B3c4cc(N(c5ccc(C(C)(C)C)cc5)c5ccc(C(C)(C)C)cc5)c5sc6ccccc6c5c4N(c4ccc(C(C)(C)C)cc4)c4cccc2c43)cc1. The van der Waals surface area contributed by atoms with Gasteiger partial charge in [0.05, 0.1) is 16.1 Å². The number of hydrogen-bond acceptors (Lipinski definition) is 4. The molecule has 5 heteroatoms. The molecule has 3 heterocycles. The van der Waals surface area contributed by atoms with E-state index in [-0.39, 0.29) is 33.8 Å². The third-order valence-electron chi connectivity index (χ3n) is 15.6. The van der Waals surface area contributed by atoms with E-state index < -0.39 is 0 Å². The molecule has 2 aliphatic rings. The monoisotopic (exact) mass is 974 g/mol. The number of anilines is 9. The van der Waals surface area contributed by atoms with Gasteiger partial charge in [0, 0.05) is 55.3 Å². The summed E-state index contributed by atoms with van der Waals surface area (Å²) in [7, 11) is 0. The highest BCUT2D eigenvalue weighted by Gasteiger charge is 2.45. The Kier molecular flexibility index (Phi) is 11.3. The van der Waals surface area contributed by atoms with Gasteiger partial charge in [0.2, 0.25) is 0 Å². The van der Waals surface area contributed by atoms with Crippen LogP contribution in [0.4, 0.5) is 51.2 Å². The summed E-state index contributed by atoms with van der Waals surface area (Å²) < 4.78 is 2.56. The van der Waals surface area contributed by atoms with Crippen LogP contribution in [0.25, 0.3) is 20.2 Å². The van der Waals surface area contributed by atoms with Crippen LogP contribution in [0, 0.1) is 0 Å². The minimum Gasteiger partial charge on any atom is -0.311 e. The quantitative estimate of drug-likeness (QED) is 0.159. The predicted octanol–water partition coefficient (Wildman–Crippen LogP) is 18.1. The summed E-state index contributed by atoms with van der Waals surface area (Å²) >= 11 is 1.92. The second-order valence-corrected chi connectivity index (χ2v) is 27.0. The molecule has 0 saturated heterocycles. The molecule has 0 aliphatic carbocycles. The fourth-order valence-electron chi connectivity index (χ4n) is 11.3. The Morgan fingerprint density at radius 2 is 0.836 bits per heavy atom. The molecule has 11 rings (SSSR count). The topological polar surface area (TPSA) is 9.72 Å². The molecule has 73 heavy (non-hydrogen) atoms. The van der Waals surface area contributed by atoms with E-state index in [9.17, 15) is 0 Å². The lowest BCUT2D eigenvalue weighted by molar-refractivity contribution is 0.590. The van der Waals surface area contributed by atoms with Gasteiger partial charge in [0.25, 0.3) is 6.71 Å². The van der Waals surface area contributed by atoms with E-state index in [2.05, 4.69) is 282 Å². The minimum atomic E-state index is -0.0797. The molecule has 0 fully saturated rings. The van der Waals surface area contributed by atoms with Crippen molar-refractivity contribution in [1.82, 2.24) is 0 Å². The summed E-state index contributed by atoms with van der Waals surface area (Å²) in [4.78, 5) is 7.73. The van der Waals surface area contributed by atoms with Crippen molar-refractivity contribution < 1.29 is 0 Å². The maximum atomic E-state index is 2.63. The maximum absolute atomic E-state index is 2.63. The summed E-state index contributed by atoms with van der Waals surface area (Å²) in [6.45, 7) is 34.6. The Morgan fingerprint density at radius 3 is 1.33 bits per heavy atom. The molecule has 0 spiro atoms. The first-order valence-electron chi connectivity index (χ1n) is 26.5. The first kappa shape index (κ1) is 48.7. The zero-order valence-electron chi connectivity index (χ0n) is 45.9. The van der Waals surface area contributed by atoms with E-state index >= 15 is 0 Å². The smallest absolute Gasteiger partial charge is 0.252 e. The van der Waals surface area contributed by atoms with Crippen molar-refractivity contribution in [2.45, 2.75) is 131 Å². The molecule has 0 atom stereocenters. The lowest BCUT2D eigenvalue weighted by Crippen LogP contribution is -2.61. The van der Waals surface area contributed by atoms with Gasteiger partial charge < -0.3 is 14.7 Å². The zero-order valence-corrected chi connectivity index (χ0v) is 46.7. The molecule has 0 bridgehead atoms. The Bertz CT molecular complexity index is 3510. The van der Waals surface area contributed by atoms with Crippen molar-refractivity contribution in [3.8, 4) is 0 Å². The molecule has 0 saturated carbocycles. The summed E-state index contributed by atoms with van der Waals surface area (Å²) in [5.41, 5.74) is 21.3. The molecule has 0 amide bonds. The zero-order chi connectivity index (χ0) is 51.7. The van der Waals surface area contributed by atoms with Crippen molar-refractivity contribution in [2.24, 2.45) is 0 Å². The van der Waals surface area contributed by atoms with Gasteiger partial charge in [0.15, 0.2) is 0 Å². The van der Waals surface area contributed by atoms with Crippen LogP contribution < -0.4 is 31.1 Å². The number of hydrogen-bond donors (Lipinski definition) is 0. The Hall–Kier alpha value is -6.56. The molecule has 0 radical (unpaired) electrons. The van der Waals surface area contributed by atoms with Crippen LogP contribution in [0.5, 0.6) is 0 Å². The van der Waals surface area contributed by atoms with Gasteiger partial charge in [-0.2, -0.15) is 0 Å². The van der Waals surface area contributed by atoms with Crippen molar-refractivity contribution in [1.29, 1.82) is 0 Å². The lowest BCUT2D eigenvalue weighted by atomic mass is 9.33. The van der Waals surface area contributed by atoms with Gasteiger partial charge in [-0.15, -0.1) is 11.3 Å². The van der Waals surface area contributed by atoms with Crippen LogP contribution in [0.15, 0.2) is 164 Å². The number of thiophene rings is 1. The van der Waals surface area contributed by atoms with Crippen LogP contribution in [-0.4, -0.2) is 6.71 Å². The highest BCUT2D eigenvalue weighted by molar-refractivity contribution is 7.26. The van der Waals surface area contributed by atoms with E-state index in [1.165, 1.54) is 98.5 Å². The van der Waals surface area contributed by atoms with Crippen LogP contribution in [0.1, 0.15) is 132 Å². The minimum absolute atomic E-state index is 0.0121.